The van der Waals surface area contributed by atoms with Gasteiger partial charge in [0.1, 0.15) is 5.75 Å². The van der Waals surface area contributed by atoms with E-state index in [4.69, 9.17) is 30.9 Å². The number of rotatable bonds is 19. The highest BCUT2D eigenvalue weighted by Gasteiger charge is 2.27. The van der Waals surface area contributed by atoms with E-state index in [1.54, 1.807) is 9.91 Å². The second kappa shape index (κ2) is 20.0. The molecule has 4 rings (SSSR count). The average Bonchev–Trinajstić information content (AvgIpc) is 3.13. The molecule has 1 aliphatic rings. The predicted octanol–water partition coefficient (Wildman–Crippen LogP) is 2.20. The van der Waals surface area contributed by atoms with Gasteiger partial charge in [-0.1, -0.05) is 49.4 Å². The van der Waals surface area contributed by atoms with Crippen LogP contribution in [0, 0.1) is 0 Å². The van der Waals surface area contributed by atoms with Gasteiger partial charge in [0, 0.05) is 41.8 Å². The van der Waals surface area contributed by atoms with E-state index in [9.17, 15) is 19.5 Å². The van der Waals surface area contributed by atoms with Crippen molar-refractivity contribution in [3.05, 3.63) is 94.5 Å². The van der Waals surface area contributed by atoms with Crippen molar-refractivity contribution in [3.63, 3.8) is 0 Å². The largest absolute Gasteiger partial charge is 0.508 e. The SMILES string of the molecule is CCCC(=O)N1Cc2ccccc2/C(N(N)CCOCCOCCOCCNC(=O)c2cc(O)cc(C(=O)NCCO)c2)=C(/N)c2ccccc21. The van der Waals surface area contributed by atoms with E-state index >= 15 is 0 Å². The van der Waals surface area contributed by atoms with Crippen molar-refractivity contribution in [2.45, 2.75) is 26.3 Å². The number of phenols is 1. The van der Waals surface area contributed by atoms with Gasteiger partial charge < -0.3 is 50.7 Å². The molecule has 0 bridgehead atoms. The van der Waals surface area contributed by atoms with E-state index < -0.39 is 11.8 Å². The van der Waals surface area contributed by atoms with Crippen molar-refractivity contribution in [2.24, 2.45) is 11.6 Å². The minimum absolute atomic E-state index is 0.0391. The van der Waals surface area contributed by atoms with Crippen LogP contribution in [0.3, 0.4) is 0 Å². The Morgan fingerprint density at radius 3 is 2.08 bits per heavy atom. The van der Waals surface area contributed by atoms with E-state index in [0.717, 1.165) is 28.8 Å². The monoisotopic (exact) mass is 704 g/mol. The first-order valence-corrected chi connectivity index (χ1v) is 17.0. The first-order chi connectivity index (χ1) is 24.7. The number of carbonyl (C=O) groups is 3. The number of nitrogens with two attached hydrogens (primary N) is 2. The number of aliphatic hydroxyl groups excluding tert-OH is 1. The number of fused-ring (bicyclic) bond motifs is 2. The highest BCUT2D eigenvalue weighted by molar-refractivity contribution is 6.01. The Labute approximate surface area is 297 Å². The number of benzene rings is 3. The third-order valence-electron chi connectivity index (χ3n) is 7.99. The summed E-state index contributed by atoms with van der Waals surface area (Å²) >= 11 is 0. The maximum Gasteiger partial charge on any atom is 0.251 e. The number of amides is 3. The molecule has 1 aliphatic heterocycles. The molecular formula is C37H48N6O8. The molecule has 0 saturated heterocycles. The zero-order chi connectivity index (χ0) is 36.6. The molecule has 51 heavy (non-hydrogen) atoms. The maximum absolute atomic E-state index is 13.2. The Balaban J connectivity index is 1.17. The topological polar surface area (TPSA) is 202 Å². The van der Waals surface area contributed by atoms with E-state index in [0.29, 0.717) is 63.9 Å². The van der Waals surface area contributed by atoms with Gasteiger partial charge in [0.25, 0.3) is 11.8 Å². The van der Waals surface area contributed by atoms with E-state index in [1.165, 1.54) is 18.2 Å². The summed E-state index contributed by atoms with van der Waals surface area (Å²) in [4.78, 5) is 39.5. The van der Waals surface area contributed by atoms with Crippen LogP contribution in [0.15, 0.2) is 66.7 Å². The lowest BCUT2D eigenvalue weighted by molar-refractivity contribution is -0.118. The third kappa shape index (κ3) is 11.0. The van der Waals surface area contributed by atoms with Crippen LogP contribution < -0.4 is 27.1 Å². The van der Waals surface area contributed by atoms with Gasteiger partial charge in [-0.3, -0.25) is 14.4 Å². The molecule has 0 atom stereocenters. The zero-order valence-electron chi connectivity index (χ0n) is 28.9. The number of hydrazine groups is 1. The second-order valence-electron chi connectivity index (χ2n) is 11.7. The fourth-order valence-electron chi connectivity index (χ4n) is 5.54. The summed E-state index contributed by atoms with van der Waals surface area (Å²) in [7, 11) is 0. The van der Waals surface area contributed by atoms with Gasteiger partial charge in [-0.05, 0) is 36.2 Å². The van der Waals surface area contributed by atoms with Gasteiger partial charge in [0.2, 0.25) is 5.91 Å². The first kappa shape index (κ1) is 38.8. The van der Waals surface area contributed by atoms with Crippen molar-refractivity contribution < 1.29 is 38.8 Å². The van der Waals surface area contributed by atoms with Crippen molar-refractivity contribution in [2.75, 3.05) is 70.8 Å². The Kier molecular flexibility index (Phi) is 15.2. The molecule has 0 radical (unpaired) electrons. The molecule has 3 aromatic carbocycles. The third-order valence-corrected chi connectivity index (χ3v) is 7.99. The molecule has 3 aromatic rings. The number of aliphatic hydroxyl groups is 1. The summed E-state index contributed by atoms with van der Waals surface area (Å²) in [6.45, 7) is 4.69. The van der Waals surface area contributed by atoms with Crippen molar-refractivity contribution in [1.82, 2.24) is 15.6 Å². The fourth-order valence-corrected chi connectivity index (χ4v) is 5.54. The maximum atomic E-state index is 13.2. The minimum atomic E-state index is -0.510. The number of nitrogens with zero attached hydrogens (tertiary/aromatic N) is 2. The fraction of sp³-hybridized carbons (Fsp3) is 0.378. The molecule has 0 unspecified atom stereocenters. The summed E-state index contributed by atoms with van der Waals surface area (Å²) in [6, 6.07) is 19.3. The summed E-state index contributed by atoms with van der Waals surface area (Å²) in [5, 5.41) is 25.5. The standard InChI is InChI=1S/C37H48N6O8/c1-2-7-33(46)42-25-26-8-3-4-9-30(26)35(34(38)31-10-5-6-11-32(31)42)43(39)14-17-50-19-21-51-20-18-49-16-13-41-37(48)28-22-27(23-29(45)24-28)36(47)40-12-15-44/h3-6,8-11,22-24,44-45H,2,7,12-21,25,38-39H2,1H3,(H,40,47)(H,41,48)/b35-34-. The molecule has 14 nitrogen and oxygen atoms in total. The van der Waals surface area contributed by atoms with Gasteiger partial charge in [-0.15, -0.1) is 0 Å². The molecule has 274 valence electrons. The van der Waals surface area contributed by atoms with Gasteiger partial charge in [-0.2, -0.15) is 0 Å². The molecule has 3 amide bonds. The smallest absolute Gasteiger partial charge is 0.251 e. The summed E-state index contributed by atoms with van der Waals surface area (Å²) < 4.78 is 16.9. The van der Waals surface area contributed by atoms with Crippen LogP contribution in [0.4, 0.5) is 5.69 Å². The highest BCUT2D eigenvalue weighted by Crippen LogP contribution is 2.36. The number of para-hydroxylation sites is 1. The zero-order valence-corrected chi connectivity index (χ0v) is 28.9. The lowest BCUT2D eigenvalue weighted by Gasteiger charge is -2.33. The van der Waals surface area contributed by atoms with E-state index in [1.807, 2.05) is 55.5 Å². The molecule has 14 heteroatoms. The number of aromatic hydroxyl groups is 1. The Hall–Kier alpha value is -4.99. The van der Waals surface area contributed by atoms with E-state index in [2.05, 4.69) is 10.6 Å². The molecule has 8 N–H and O–H groups in total. The van der Waals surface area contributed by atoms with Crippen LogP contribution in [-0.2, 0) is 25.5 Å². The highest BCUT2D eigenvalue weighted by atomic mass is 16.5. The van der Waals surface area contributed by atoms with Gasteiger partial charge in [0.15, 0.2) is 0 Å². The summed E-state index contributed by atoms with van der Waals surface area (Å²) in [5.74, 6) is 5.45. The number of anilines is 1. The number of nitrogens with one attached hydrogen (secondary N) is 2. The lowest BCUT2D eigenvalue weighted by atomic mass is 9.95. The van der Waals surface area contributed by atoms with E-state index in [-0.39, 0.29) is 49.1 Å². The lowest BCUT2D eigenvalue weighted by Crippen LogP contribution is -2.37. The number of ether oxygens (including phenoxy) is 3. The first-order valence-electron chi connectivity index (χ1n) is 17.0. The van der Waals surface area contributed by atoms with Gasteiger partial charge in [0.05, 0.1) is 76.4 Å². The van der Waals surface area contributed by atoms with Crippen molar-refractivity contribution >= 4 is 34.8 Å². The number of hydrogen-bond donors (Lipinski definition) is 6. The van der Waals surface area contributed by atoms with Crippen LogP contribution >= 0.6 is 0 Å². The average molecular weight is 705 g/mol. The molecule has 0 aromatic heterocycles. The quantitative estimate of drug-likeness (QED) is 0.0607. The number of hydrogen-bond acceptors (Lipinski definition) is 11. The Bertz CT molecular complexity index is 1670. The van der Waals surface area contributed by atoms with Gasteiger partial charge in [-0.25, -0.2) is 5.84 Å². The van der Waals surface area contributed by atoms with Gasteiger partial charge >= 0.3 is 0 Å². The Morgan fingerprint density at radius 1 is 0.824 bits per heavy atom. The van der Waals surface area contributed by atoms with Crippen LogP contribution in [0.5, 0.6) is 5.75 Å². The minimum Gasteiger partial charge on any atom is -0.508 e. The molecule has 1 heterocycles. The van der Waals surface area contributed by atoms with Crippen molar-refractivity contribution in [1.29, 1.82) is 0 Å². The number of carbonyl (C=O) groups excluding carboxylic acids is 3. The molecular weight excluding hydrogens is 656 g/mol. The second-order valence-corrected chi connectivity index (χ2v) is 11.7. The summed E-state index contributed by atoms with van der Waals surface area (Å²) in [5.41, 5.74) is 11.5. The van der Waals surface area contributed by atoms with Crippen LogP contribution in [-0.4, -0.2) is 98.8 Å². The molecule has 0 spiro atoms. The van der Waals surface area contributed by atoms with Crippen LogP contribution in [0.1, 0.15) is 57.2 Å². The molecule has 0 aliphatic carbocycles. The predicted molar refractivity (Wildman–Crippen MR) is 193 cm³/mol. The van der Waals surface area contributed by atoms with Crippen molar-refractivity contribution in [3.8, 4) is 5.75 Å². The van der Waals surface area contributed by atoms with Crippen LogP contribution in [0.25, 0.3) is 11.4 Å². The molecule has 0 saturated carbocycles. The number of phenolic OH excluding ortho intramolecular Hbond substituents is 1. The summed E-state index contributed by atoms with van der Waals surface area (Å²) in [6.07, 6.45) is 1.18. The normalized spacial score (nSPS) is 13.8. The Morgan fingerprint density at radius 2 is 1.41 bits per heavy atom. The van der Waals surface area contributed by atoms with Crippen LogP contribution in [0.2, 0.25) is 0 Å². The molecule has 0 fully saturated rings.